The van der Waals surface area contributed by atoms with Crippen LogP contribution in [0.25, 0.3) is 0 Å². The van der Waals surface area contributed by atoms with Crippen molar-refractivity contribution in [3.8, 4) is 5.75 Å². The van der Waals surface area contributed by atoms with Gasteiger partial charge in [-0.25, -0.2) is 4.39 Å². The molecule has 0 radical (unpaired) electrons. The van der Waals surface area contributed by atoms with Crippen molar-refractivity contribution in [3.63, 3.8) is 0 Å². The highest BCUT2D eigenvalue weighted by atomic mass is 19.1. The van der Waals surface area contributed by atoms with Crippen molar-refractivity contribution in [2.45, 2.75) is 12.8 Å². The summed E-state index contributed by atoms with van der Waals surface area (Å²) in [7, 11) is 0. The first-order chi connectivity index (χ1) is 9.19. The van der Waals surface area contributed by atoms with E-state index in [1.807, 2.05) is 0 Å². The van der Waals surface area contributed by atoms with Crippen LogP contribution in [0.15, 0.2) is 24.3 Å². The number of carbonyl (C=O) groups excluding carboxylic acids is 1. The highest BCUT2D eigenvalue weighted by Gasteiger charge is 2.21. The van der Waals surface area contributed by atoms with Crippen molar-refractivity contribution < 1.29 is 13.9 Å². The summed E-state index contributed by atoms with van der Waals surface area (Å²) in [6.07, 6.45) is 1.91. The topological polar surface area (TPSA) is 55.6 Å². The molecule has 104 valence electrons. The summed E-state index contributed by atoms with van der Waals surface area (Å²) < 4.78 is 18.1. The van der Waals surface area contributed by atoms with Crippen molar-refractivity contribution in [1.29, 1.82) is 0 Å². The molecule has 1 fully saturated rings. The van der Waals surface area contributed by atoms with Crippen LogP contribution >= 0.6 is 0 Å². The van der Waals surface area contributed by atoms with Gasteiger partial charge in [0.05, 0.1) is 0 Å². The molecule has 2 rings (SSSR count). The Morgan fingerprint density at radius 1 is 1.32 bits per heavy atom. The van der Waals surface area contributed by atoms with Crippen LogP contribution < -0.4 is 10.5 Å². The monoisotopic (exact) mass is 266 g/mol. The molecule has 1 aliphatic heterocycles. The van der Waals surface area contributed by atoms with E-state index in [4.69, 9.17) is 10.5 Å². The number of benzene rings is 1. The van der Waals surface area contributed by atoms with E-state index in [1.165, 1.54) is 24.3 Å². The number of ether oxygens (including phenoxy) is 1. The van der Waals surface area contributed by atoms with Gasteiger partial charge in [-0.1, -0.05) is 0 Å². The van der Waals surface area contributed by atoms with E-state index in [0.29, 0.717) is 18.2 Å². The zero-order valence-electron chi connectivity index (χ0n) is 10.8. The molecule has 1 heterocycles. The van der Waals surface area contributed by atoms with Gasteiger partial charge in [0, 0.05) is 13.1 Å². The average Bonchev–Trinajstić information content (AvgIpc) is 2.46. The average molecular weight is 266 g/mol. The lowest BCUT2D eigenvalue weighted by Gasteiger charge is -2.31. The number of hydrogen-bond acceptors (Lipinski definition) is 3. The molecule has 0 aromatic heterocycles. The molecule has 1 saturated heterocycles. The van der Waals surface area contributed by atoms with Gasteiger partial charge in [0.25, 0.3) is 5.91 Å². The molecule has 1 amide bonds. The van der Waals surface area contributed by atoms with Gasteiger partial charge in [-0.15, -0.1) is 0 Å². The van der Waals surface area contributed by atoms with Crippen LogP contribution in [0.4, 0.5) is 4.39 Å². The summed E-state index contributed by atoms with van der Waals surface area (Å²) in [5.74, 6) is 0.691. The lowest BCUT2D eigenvalue weighted by atomic mass is 9.97. The van der Waals surface area contributed by atoms with Crippen molar-refractivity contribution in [2.75, 3.05) is 26.2 Å². The molecular formula is C14H19FN2O2. The van der Waals surface area contributed by atoms with Gasteiger partial charge in [-0.2, -0.15) is 0 Å². The lowest BCUT2D eigenvalue weighted by molar-refractivity contribution is -0.134. The Morgan fingerprint density at radius 3 is 2.53 bits per heavy atom. The quantitative estimate of drug-likeness (QED) is 0.896. The largest absolute Gasteiger partial charge is 0.484 e. The van der Waals surface area contributed by atoms with Crippen molar-refractivity contribution in [1.82, 2.24) is 4.90 Å². The van der Waals surface area contributed by atoms with E-state index in [1.54, 1.807) is 4.90 Å². The predicted molar refractivity (Wildman–Crippen MR) is 70.3 cm³/mol. The first-order valence-electron chi connectivity index (χ1n) is 6.55. The Labute approximate surface area is 112 Å². The van der Waals surface area contributed by atoms with E-state index in [0.717, 1.165) is 25.9 Å². The molecule has 0 atom stereocenters. The number of hydrogen-bond donors (Lipinski definition) is 1. The van der Waals surface area contributed by atoms with Gasteiger partial charge in [-0.3, -0.25) is 4.79 Å². The summed E-state index contributed by atoms with van der Waals surface area (Å²) in [6.45, 7) is 2.17. The molecular weight excluding hydrogens is 247 g/mol. The van der Waals surface area contributed by atoms with Crippen LogP contribution in [-0.2, 0) is 4.79 Å². The fourth-order valence-electron chi connectivity index (χ4n) is 2.19. The van der Waals surface area contributed by atoms with Gasteiger partial charge in [0.2, 0.25) is 0 Å². The maximum atomic E-state index is 12.7. The minimum Gasteiger partial charge on any atom is -0.484 e. The highest BCUT2D eigenvalue weighted by molar-refractivity contribution is 5.77. The van der Waals surface area contributed by atoms with Gasteiger partial charge in [0.1, 0.15) is 11.6 Å². The third-order valence-electron chi connectivity index (χ3n) is 3.48. The molecule has 2 N–H and O–H groups in total. The molecule has 0 saturated carbocycles. The second kappa shape index (κ2) is 6.52. The highest BCUT2D eigenvalue weighted by Crippen LogP contribution is 2.16. The molecule has 0 bridgehead atoms. The molecule has 1 aromatic carbocycles. The Kier molecular flexibility index (Phi) is 4.74. The standard InChI is InChI=1S/C14H19FN2O2/c15-12-1-3-13(4-2-12)19-10-14(18)17-7-5-11(9-16)6-8-17/h1-4,11H,5-10,16H2. The second-order valence-corrected chi connectivity index (χ2v) is 4.80. The van der Waals surface area contributed by atoms with E-state index >= 15 is 0 Å². The summed E-state index contributed by atoms with van der Waals surface area (Å²) in [5, 5.41) is 0. The number of rotatable bonds is 4. The van der Waals surface area contributed by atoms with Crippen LogP contribution in [-0.4, -0.2) is 37.0 Å². The fourth-order valence-corrected chi connectivity index (χ4v) is 2.19. The second-order valence-electron chi connectivity index (χ2n) is 4.80. The number of halogens is 1. The van der Waals surface area contributed by atoms with E-state index in [2.05, 4.69) is 0 Å². The molecule has 0 unspecified atom stereocenters. The van der Waals surface area contributed by atoms with E-state index in [9.17, 15) is 9.18 Å². The van der Waals surface area contributed by atoms with Crippen molar-refractivity contribution >= 4 is 5.91 Å². The van der Waals surface area contributed by atoms with Crippen molar-refractivity contribution in [2.24, 2.45) is 11.7 Å². The van der Waals surface area contributed by atoms with Crippen LogP contribution in [0, 0.1) is 11.7 Å². The number of nitrogens with zero attached hydrogens (tertiary/aromatic N) is 1. The number of piperidine rings is 1. The molecule has 19 heavy (non-hydrogen) atoms. The SMILES string of the molecule is NCC1CCN(C(=O)COc2ccc(F)cc2)CC1. The van der Waals surface area contributed by atoms with Gasteiger partial charge >= 0.3 is 0 Å². The summed E-state index contributed by atoms with van der Waals surface area (Å²) in [6, 6.07) is 5.66. The van der Waals surface area contributed by atoms with Crippen molar-refractivity contribution in [3.05, 3.63) is 30.1 Å². The third-order valence-corrected chi connectivity index (χ3v) is 3.48. The predicted octanol–water partition coefficient (Wildman–Crippen LogP) is 1.40. The van der Waals surface area contributed by atoms with Gasteiger partial charge in [0.15, 0.2) is 6.61 Å². The Bertz CT molecular complexity index is 414. The molecule has 0 aliphatic carbocycles. The normalized spacial score (nSPS) is 16.4. The number of nitrogens with two attached hydrogens (primary N) is 1. The maximum absolute atomic E-state index is 12.7. The zero-order chi connectivity index (χ0) is 13.7. The molecule has 4 nitrogen and oxygen atoms in total. The number of amides is 1. The number of carbonyl (C=O) groups is 1. The Morgan fingerprint density at radius 2 is 1.95 bits per heavy atom. The molecule has 0 spiro atoms. The van der Waals surface area contributed by atoms with Gasteiger partial charge < -0.3 is 15.4 Å². The first-order valence-corrected chi connectivity index (χ1v) is 6.55. The minimum atomic E-state index is -0.317. The smallest absolute Gasteiger partial charge is 0.260 e. The molecule has 1 aliphatic rings. The zero-order valence-corrected chi connectivity index (χ0v) is 10.8. The maximum Gasteiger partial charge on any atom is 0.260 e. The Hall–Kier alpha value is -1.62. The minimum absolute atomic E-state index is 0.00107. The van der Waals surface area contributed by atoms with Gasteiger partial charge in [-0.05, 0) is 49.6 Å². The third kappa shape index (κ3) is 3.92. The van der Waals surface area contributed by atoms with Crippen LogP contribution in [0.5, 0.6) is 5.75 Å². The number of likely N-dealkylation sites (tertiary alicyclic amines) is 1. The summed E-state index contributed by atoms with van der Waals surface area (Å²) >= 11 is 0. The summed E-state index contributed by atoms with van der Waals surface area (Å²) in [4.78, 5) is 13.7. The Balaban J connectivity index is 1.77. The molecule has 5 heteroatoms. The lowest BCUT2D eigenvalue weighted by Crippen LogP contribution is -2.42. The fraction of sp³-hybridized carbons (Fsp3) is 0.500. The summed E-state index contributed by atoms with van der Waals surface area (Å²) in [5.41, 5.74) is 5.61. The first kappa shape index (κ1) is 13.8. The van der Waals surface area contributed by atoms with Crippen LogP contribution in [0.1, 0.15) is 12.8 Å². The van der Waals surface area contributed by atoms with Crippen LogP contribution in [0.3, 0.4) is 0 Å². The molecule has 1 aromatic rings. The van der Waals surface area contributed by atoms with Crippen LogP contribution in [0.2, 0.25) is 0 Å². The van der Waals surface area contributed by atoms with E-state index in [-0.39, 0.29) is 18.3 Å². The van der Waals surface area contributed by atoms with E-state index < -0.39 is 0 Å².